The quantitative estimate of drug-likeness (QED) is 0.186. The highest BCUT2D eigenvalue weighted by atomic mass is 16.5. The molecule has 0 N–H and O–H groups in total. The predicted molar refractivity (Wildman–Crippen MR) is 195 cm³/mol. The van der Waals surface area contributed by atoms with Crippen LogP contribution in [0.3, 0.4) is 0 Å². The van der Waals surface area contributed by atoms with Gasteiger partial charge in [-0.2, -0.15) is 5.10 Å². The van der Waals surface area contributed by atoms with E-state index in [0.717, 1.165) is 45.4 Å². The van der Waals surface area contributed by atoms with Crippen molar-refractivity contribution in [1.82, 2.24) is 19.3 Å². The summed E-state index contributed by atoms with van der Waals surface area (Å²) in [5.74, 6) is 2.77. The molecule has 3 heterocycles. The number of fused-ring (bicyclic) bond motifs is 3. The number of aryl methyl sites for hydroxylation is 2. The number of rotatable bonds is 6. The molecule has 236 valence electrons. The Morgan fingerprint density at radius 3 is 2.23 bits per heavy atom. The van der Waals surface area contributed by atoms with E-state index in [2.05, 4.69) is 145 Å². The smallest absolute Gasteiger partial charge is 0.137 e. The van der Waals surface area contributed by atoms with E-state index in [9.17, 15) is 0 Å². The predicted octanol–water partition coefficient (Wildman–Crippen LogP) is 11.2. The van der Waals surface area contributed by atoms with E-state index in [4.69, 9.17) is 14.8 Å². The average Bonchev–Trinajstić information content (AvgIpc) is 3.53. The summed E-state index contributed by atoms with van der Waals surface area (Å²) in [5, 5.41) is 7.39. The molecule has 7 rings (SSSR count). The highest BCUT2D eigenvalue weighted by Gasteiger charge is 2.20. The first kappa shape index (κ1) is 30.5. The molecule has 5 heteroatoms. The zero-order chi connectivity index (χ0) is 33.0. The first-order valence-electron chi connectivity index (χ1n) is 16.4. The fraction of sp³-hybridized carbons (Fsp3) is 0.238. The summed E-state index contributed by atoms with van der Waals surface area (Å²) in [6.07, 6.45) is 1.88. The lowest BCUT2D eigenvalue weighted by atomic mass is 9.86. The van der Waals surface area contributed by atoms with Crippen molar-refractivity contribution in [3.05, 3.63) is 131 Å². The summed E-state index contributed by atoms with van der Waals surface area (Å²) >= 11 is 0. The number of nitrogens with zero attached hydrogens (tertiary/aromatic N) is 4. The lowest BCUT2D eigenvalue weighted by Crippen LogP contribution is -2.10. The zero-order valence-electron chi connectivity index (χ0n) is 28.6. The molecular weight excluding hydrogens is 576 g/mol. The first-order chi connectivity index (χ1) is 22.5. The molecule has 0 bridgehead atoms. The van der Waals surface area contributed by atoms with Gasteiger partial charge in [-0.15, -0.1) is 0 Å². The molecule has 0 saturated carbocycles. The Balaban J connectivity index is 1.36. The molecule has 4 aromatic carbocycles. The molecule has 0 unspecified atom stereocenters. The molecule has 0 fully saturated rings. The van der Waals surface area contributed by atoms with Gasteiger partial charge < -0.3 is 4.74 Å². The van der Waals surface area contributed by atoms with Gasteiger partial charge in [0, 0.05) is 40.4 Å². The number of benzene rings is 4. The third-order valence-corrected chi connectivity index (χ3v) is 9.15. The van der Waals surface area contributed by atoms with E-state index < -0.39 is 0 Å². The number of aromatic nitrogens is 4. The Bertz CT molecular complexity index is 2260. The largest absolute Gasteiger partial charge is 0.457 e. The third-order valence-electron chi connectivity index (χ3n) is 9.15. The molecule has 0 aliphatic carbocycles. The van der Waals surface area contributed by atoms with Gasteiger partial charge in [-0.1, -0.05) is 71.0 Å². The molecule has 47 heavy (non-hydrogen) atoms. The van der Waals surface area contributed by atoms with E-state index in [1.54, 1.807) is 0 Å². The first-order valence-corrected chi connectivity index (χ1v) is 16.4. The van der Waals surface area contributed by atoms with Gasteiger partial charge in [-0.05, 0) is 103 Å². The van der Waals surface area contributed by atoms with Gasteiger partial charge in [0.25, 0.3) is 0 Å². The maximum atomic E-state index is 6.71. The highest BCUT2D eigenvalue weighted by Crippen LogP contribution is 2.38. The molecule has 0 radical (unpaired) electrons. The van der Waals surface area contributed by atoms with Crippen molar-refractivity contribution >= 4 is 21.8 Å². The van der Waals surface area contributed by atoms with Crippen molar-refractivity contribution in [1.29, 1.82) is 0 Å². The monoisotopic (exact) mass is 618 g/mol. The van der Waals surface area contributed by atoms with Crippen LogP contribution in [0.1, 0.15) is 68.6 Å². The zero-order valence-corrected chi connectivity index (χ0v) is 28.6. The summed E-state index contributed by atoms with van der Waals surface area (Å²) in [4.78, 5) is 4.79. The van der Waals surface area contributed by atoms with Gasteiger partial charge >= 0.3 is 0 Å². The van der Waals surface area contributed by atoms with Gasteiger partial charge in [-0.25, -0.2) is 9.67 Å². The van der Waals surface area contributed by atoms with Crippen molar-refractivity contribution in [3.8, 4) is 34.1 Å². The molecule has 0 aliphatic rings. The Labute approximate surface area is 277 Å². The molecule has 5 nitrogen and oxygen atoms in total. The van der Waals surface area contributed by atoms with Gasteiger partial charge in [0.05, 0.1) is 22.4 Å². The van der Waals surface area contributed by atoms with Gasteiger partial charge in [-0.3, -0.25) is 4.57 Å². The summed E-state index contributed by atoms with van der Waals surface area (Å²) in [7, 11) is 0. The van der Waals surface area contributed by atoms with Gasteiger partial charge in [0.2, 0.25) is 0 Å². The van der Waals surface area contributed by atoms with Crippen LogP contribution in [0.25, 0.3) is 44.4 Å². The van der Waals surface area contributed by atoms with Crippen molar-refractivity contribution in [3.63, 3.8) is 0 Å². The van der Waals surface area contributed by atoms with Crippen LogP contribution in [0.2, 0.25) is 0 Å². The minimum absolute atomic E-state index is 0.0414. The van der Waals surface area contributed by atoms with Crippen molar-refractivity contribution in [2.75, 3.05) is 0 Å². The second-order valence-corrected chi connectivity index (χ2v) is 14.0. The standard InChI is InChI=1S/C42H42N4O/c1-26(2)31-21-33(46-29(5)41(28(4)44-46)30-12-10-9-11-13-30)24-35(22-31)47-34-15-16-36-37-23-32(42(6,7)8)14-17-38(37)45(39(36)25-34)40-20-27(3)18-19-43-40/h9-26H,1-8H3. The number of ether oxygens (including phenoxy) is 1. The van der Waals surface area contributed by atoms with E-state index in [0.29, 0.717) is 5.92 Å². The fourth-order valence-corrected chi connectivity index (χ4v) is 6.59. The molecule has 0 saturated heterocycles. The Morgan fingerprint density at radius 1 is 0.723 bits per heavy atom. The lowest BCUT2D eigenvalue weighted by molar-refractivity contribution is 0.481. The average molecular weight is 619 g/mol. The number of pyridine rings is 1. The van der Waals surface area contributed by atoms with Crippen molar-refractivity contribution < 1.29 is 4.74 Å². The minimum Gasteiger partial charge on any atom is -0.457 e. The van der Waals surface area contributed by atoms with E-state index in [-0.39, 0.29) is 5.41 Å². The number of hydrogen-bond acceptors (Lipinski definition) is 3. The van der Waals surface area contributed by atoms with Crippen LogP contribution in [0.4, 0.5) is 0 Å². The fourth-order valence-electron chi connectivity index (χ4n) is 6.59. The maximum Gasteiger partial charge on any atom is 0.137 e. The lowest BCUT2D eigenvalue weighted by Gasteiger charge is -2.19. The topological polar surface area (TPSA) is 44.9 Å². The molecular formula is C42H42N4O. The number of hydrogen-bond donors (Lipinski definition) is 0. The molecule has 3 aromatic heterocycles. The van der Waals surface area contributed by atoms with Gasteiger partial charge in [0.15, 0.2) is 0 Å². The second kappa shape index (κ2) is 11.6. The Morgan fingerprint density at radius 2 is 1.51 bits per heavy atom. The van der Waals surface area contributed by atoms with Crippen molar-refractivity contribution in [2.24, 2.45) is 0 Å². The Kier molecular flexibility index (Phi) is 7.51. The van der Waals surface area contributed by atoms with Crippen LogP contribution in [0, 0.1) is 20.8 Å². The van der Waals surface area contributed by atoms with Crippen LogP contribution >= 0.6 is 0 Å². The van der Waals surface area contributed by atoms with E-state index >= 15 is 0 Å². The van der Waals surface area contributed by atoms with Crippen LogP contribution in [0.5, 0.6) is 11.5 Å². The summed E-state index contributed by atoms with van der Waals surface area (Å²) in [6, 6.07) is 34.4. The molecule has 0 atom stereocenters. The summed E-state index contributed by atoms with van der Waals surface area (Å²) in [5.41, 5.74) is 11.3. The minimum atomic E-state index is 0.0414. The van der Waals surface area contributed by atoms with Crippen LogP contribution in [0.15, 0.2) is 103 Å². The van der Waals surface area contributed by atoms with Crippen LogP contribution in [-0.4, -0.2) is 19.3 Å². The van der Waals surface area contributed by atoms with Gasteiger partial charge in [0.1, 0.15) is 17.3 Å². The third kappa shape index (κ3) is 5.61. The maximum absolute atomic E-state index is 6.71. The molecule has 0 spiro atoms. The molecule has 0 amide bonds. The summed E-state index contributed by atoms with van der Waals surface area (Å²) < 4.78 is 11.0. The van der Waals surface area contributed by atoms with Crippen LogP contribution in [-0.2, 0) is 5.41 Å². The Hall–Kier alpha value is -5.16. The van der Waals surface area contributed by atoms with E-state index in [1.165, 1.54) is 38.6 Å². The normalized spacial score (nSPS) is 12.0. The highest BCUT2D eigenvalue weighted by molar-refractivity contribution is 6.09. The SMILES string of the molecule is Cc1ccnc(-n2c3ccc(C(C)(C)C)cc3c3ccc(Oc4cc(C(C)C)cc(-n5nc(C)c(-c6ccccc6)c5C)c4)cc32)c1. The van der Waals surface area contributed by atoms with Crippen LogP contribution < -0.4 is 4.74 Å². The molecule has 0 aliphatic heterocycles. The van der Waals surface area contributed by atoms with Crippen molar-refractivity contribution in [2.45, 2.75) is 66.7 Å². The summed E-state index contributed by atoms with van der Waals surface area (Å²) in [6.45, 7) is 17.5. The second-order valence-electron chi connectivity index (χ2n) is 14.0. The molecule has 7 aromatic rings. The van der Waals surface area contributed by atoms with E-state index in [1.807, 2.05) is 23.0 Å².